The van der Waals surface area contributed by atoms with Crippen LogP contribution in [0.15, 0.2) is 24.6 Å². The fourth-order valence-corrected chi connectivity index (χ4v) is 0.818. The van der Waals surface area contributed by atoms with E-state index in [0.717, 1.165) is 0 Å². The van der Waals surface area contributed by atoms with Crippen molar-refractivity contribution in [1.29, 1.82) is 0 Å². The second kappa shape index (κ2) is 4.22. The van der Waals surface area contributed by atoms with Crippen LogP contribution in [0.1, 0.15) is 34.6 Å². The molecule has 0 aliphatic rings. The topological polar surface area (TPSA) is 3.24 Å². The monoisotopic (exact) mass is 153 g/mol. The standard InChI is InChI=1S/C10H19N/c1-6-8-11(9-7-2)10(3,4)5/h6-9H,1-5H3/b8-6-,9-7+. The molecule has 1 nitrogen and oxygen atoms in total. The quantitative estimate of drug-likeness (QED) is 0.589. The van der Waals surface area contributed by atoms with Crippen LogP contribution in [0.25, 0.3) is 0 Å². The molecule has 0 fully saturated rings. The minimum Gasteiger partial charge on any atom is -0.350 e. The van der Waals surface area contributed by atoms with E-state index in [-0.39, 0.29) is 5.54 Å². The first-order chi connectivity index (χ1) is 5.02. The van der Waals surface area contributed by atoms with Gasteiger partial charge in [0.2, 0.25) is 0 Å². The number of hydrogen-bond donors (Lipinski definition) is 0. The van der Waals surface area contributed by atoms with E-state index < -0.39 is 0 Å². The van der Waals surface area contributed by atoms with Gasteiger partial charge in [-0.3, -0.25) is 0 Å². The number of allylic oxidation sites excluding steroid dienone is 2. The molecule has 0 amide bonds. The van der Waals surface area contributed by atoms with Gasteiger partial charge in [0.25, 0.3) is 0 Å². The van der Waals surface area contributed by atoms with E-state index in [1.807, 2.05) is 26.0 Å². The van der Waals surface area contributed by atoms with Crippen molar-refractivity contribution >= 4 is 0 Å². The summed E-state index contributed by atoms with van der Waals surface area (Å²) in [6.07, 6.45) is 8.26. The lowest BCUT2D eigenvalue weighted by molar-refractivity contribution is 0.280. The highest BCUT2D eigenvalue weighted by Gasteiger charge is 2.14. The summed E-state index contributed by atoms with van der Waals surface area (Å²) >= 11 is 0. The van der Waals surface area contributed by atoms with Crippen molar-refractivity contribution in [2.24, 2.45) is 0 Å². The molecular formula is C10H19N. The van der Waals surface area contributed by atoms with Gasteiger partial charge in [0.1, 0.15) is 0 Å². The van der Waals surface area contributed by atoms with Gasteiger partial charge in [-0.15, -0.1) is 0 Å². The Morgan fingerprint density at radius 1 is 0.909 bits per heavy atom. The fraction of sp³-hybridized carbons (Fsp3) is 0.600. The molecule has 0 atom stereocenters. The van der Waals surface area contributed by atoms with Gasteiger partial charge in [-0.2, -0.15) is 0 Å². The molecule has 0 rings (SSSR count). The van der Waals surface area contributed by atoms with Gasteiger partial charge >= 0.3 is 0 Å². The predicted octanol–water partition coefficient (Wildman–Crippen LogP) is 3.15. The highest BCUT2D eigenvalue weighted by Crippen LogP contribution is 2.13. The predicted molar refractivity (Wildman–Crippen MR) is 51.2 cm³/mol. The Balaban J connectivity index is 4.34. The largest absolute Gasteiger partial charge is 0.350 e. The molecule has 0 unspecified atom stereocenters. The molecule has 0 aliphatic carbocycles. The molecule has 0 saturated heterocycles. The third kappa shape index (κ3) is 3.87. The van der Waals surface area contributed by atoms with E-state index in [0.29, 0.717) is 0 Å². The second-order valence-electron chi connectivity index (χ2n) is 3.54. The summed E-state index contributed by atoms with van der Waals surface area (Å²) in [7, 11) is 0. The van der Waals surface area contributed by atoms with Crippen LogP contribution in [0, 0.1) is 0 Å². The van der Waals surface area contributed by atoms with Gasteiger partial charge < -0.3 is 4.90 Å². The van der Waals surface area contributed by atoms with E-state index in [9.17, 15) is 0 Å². The smallest absolute Gasteiger partial charge is 0.0355 e. The van der Waals surface area contributed by atoms with Crippen LogP contribution in [0.5, 0.6) is 0 Å². The average Bonchev–Trinajstić information content (AvgIpc) is 1.85. The first-order valence-corrected chi connectivity index (χ1v) is 4.06. The van der Waals surface area contributed by atoms with Gasteiger partial charge in [0.15, 0.2) is 0 Å². The zero-order valence-corrected chi connectivity index (χ0v) is 8.26. The van der Waals surface area contributed by atoms with Crippen LogP contribution < -0.4 is 0 Å². The summed E-state index contributed by atoms with van der Waals surface area (Å²) in [6, 6.07) is 0. The molecule has 0 bridgehead atoms. The van der Waals surface area contributed by atoms with Crippen molar-refractivity contribution in [2.45, 2.75) is 40.2 Å². The summed E-state index contributed by atoms with van der Waals surface area (Å²) in [5, 5.41) is 0. The van der Waals surface area contributed by atoms with Crippen LogP contribution >= 0.6 is 0 Å². The van der Waals surface area contributed by atoms with Crippen molar-refractivity contribution in [1.82, 2.24) is 4.90 Å². The van der Waals surface area contributed by atoms with Crippen LogP contribution in [0.4, 0.5) is 0 Å². The average molecular weight is 153 g/mol. The normalized spacial score (nSPS) is 13.2. The summed E-state index contributed by atoms with van der Waals surface area (Å²) in [5.41, 5.74) is 0.180. The second-order valence-corrected chi connectivity index (χ2v) is 3.54. The number of hydrogen-bond acceptors (Lipinski definition) is 1. The van der Waals surface area contributed by atoms with Gasteiger partial charge in [-0.1, -0.05) is 12.2 Å². The molecule has 0 aliphatic heterocycles. The zero-order valence-electron chi connectivity index (χ0n) is 8.26. The molecule has 0 aromatic heterocycles. The third-order valence-electron chi connectivity index (χ3n) is 1.39. The Hall–Kier alpha value is -0.720. The van der Waals surface area contributed by atoms with Gasteiger partial charge in [-0.05, 0) is 47.0 Å². The first kappa shape index (κ1) is 10.3. The third-order valence-corrected chi connectivity index (χ3v) is 1.39. The molecule has 11 heavy (non-hydrogen) atoms. The van der Waals surface area contributed by atoms with Crippen molar-refractivity contribution in [3.05, 3.63) is 24.6 Å². The molecule has 0 saturated carbocycles. The maximum absolute atomic E-state index is 2.19. The van der Waals surface area contributed by atoms with Crippen molar-refractivity contribution in [3.8, 4) is 0 Å². The number of rotatable bonds is 2. The van der Waals surface area contributed by atoms with E-state index in [1.165, 1.54) is 0 Å². The lowest BCUT2D eigenvalue weighted by Crippen LogP contribution is -2.32. The van der Waals surface area contributed by atoms with Crippen molar-refractivity contribution < 1.29 is 0 Å². The van der Waals surface area contributed by atoms with E-state index >= 15 is 0 Å². The van der Waals surface area contributed by atoms with E-state index in [4.69, 9.17) is 0 Å². The molecule has 0 N–H and O–H groups in total. The lowest BCUT2D eigenvalue weighted by atomic mass is 10.1. The summed E-state index contributed by atoms with van der Waals surface area (Å²) in [5.74, 6) is 0. The first-order valence-electron chi connectivity index (χ1n) is 4.06. The molecule has 0 aromatic rings. The van der Waals surface area contributed by atoms with Gasteiger partial charge in [0, 0.05) is 5.54 Å². The molecule has 64 valence electrons. The fourth-order valence-electron chi connectivity index (χ4n) is 0.818. The maximum Gasteiger partial charge on any atom is 0.0355 e. The van der Waals surface area contributed by atoms with E-state index in [2.05, 4.69) is 38.1 Å². The Kier molecular flexibility index (Phi) is 3.94. The van der Waals surface area contributed by atoms with Crippen LogP contribution in [-0.4, -0.2) is 10.4 Å². The summed E-state index contributed by atoms with van der Waals surface area (Å²) in [6.45, 7) is 10.6. The summed E-state index contributed by atoms with van der Waals surface area (Å²) < 4.78 is 0. The lowest BCUT2D eigenvalue weighted by Gasteiger charge is -2.31. The highest BCUT2D eigenvalue weighted by atomic mass is 15.1. The molecule has 0 radical (unpaired) electrons. The van der Waals surface area contributed by atoms with Crippen LogP contribution in [0.3, 0.4) is 0 Å². The van der Waals surface area contributed by atoms with Crippen molar-refractivity contribution in [2.75, 3.05) is 0 Å². The Morgan fingerprint density at radius 2 is 1.27 bits per heavy atom. The minimum atomic E-state index is 0.180. The van der Waals surface area contributed by atoms with E-state index in [1.54, 1.807) is 0 Å². The van der Waals surface area contributed by atoms with Crippen LogP contribution in [0.2, 0.25) is 0 Å². The number of nitrogens with zero attached hydrogens (tertiary/aromatic N) is 1. The van der Waals surface area contributed by atoms with Gasteiger partial charge in [-0.25, -0.2) is 0 Å². The Bertz CT molecular complexity index is 137. The SMILES string of the molecule is C/C=C\N(/C=C/C)C(C)(C)C. The van der Waals surface area contributed by atoms with Crippen molar-refractivity contribution in [3.63, 3.8) is 0 Å². The Labute approximate surface area is 70.4 Å². The van der Waals surface area contributed by atoms with Crippen LogP contribution in [-0.2, 0) is 0 Å². The highest BCUT2D eigenvalue weighted by molar-refractivity contribution is 4.96. The maximum atomic E-state index is 2.19. The summed E-state index contributed by atoms with van der Waals surface area (Å²) in [4.78, 5) is 2.19. The minimum absolute atomic E-state index is 0.180. The molecule has 0 aromatic carbocycles. The molecule has 0 spiro atoms. The molecule has 1 heteroatoms. The van der Waals surface area contributed by atoms with Gasteiger partial charge in [0.05, 0.1) is 0 Å². The Morgan fingerprint density at radius 3 is 1.45 bits per heavy atom. The molecule has 0 heterocycles. The zero-order chi connectivity index (χ0) is 8.91. The molecular weight excluding hydrogens is 134 g/mol.